The van der Waals surface area contributed by atoms with Crippen LogP contribution in [-0.2, 0) is 9.53 Å². The van der Waals surface area contributed by atoms with E-state index < -0.39 is 18.5 Å². The Balaban J connectivity index is 1.48. The Kier molecular flexibility index (Phi) is 6.41. The average molecular weight is 467 g/mol. The maximum atomic E-state index is 12.6. The van der Waals surface area contributed by atoms with Gasteiger partial charge in [0.05, 0.1) is 36.8 Å². The Morgan fingerprint density at radius 1 is 1.06 bits per heavy atom. The molecule has 33 heavy (non-hydrogen) atoms. The molecule has 0 unspecified atom stereocenters. The van der Waals surface area contributed by atoms with E-state index in [-0.39, 0.29) is 5.56 Å². The van der Waals surface area contributed by atoms with Gasteiger partial charge in [0.25, 0.3) is 5.91 Å². The van der Waals surface area contributed by atoms with Crippen molar-refractivity contribution in [2.75, 3.05) is 26.1 Å². The first-order valence-corrected chi connectivity index (χ1v) is 10.2. The van der Waals surface area contributed by atoms with Crippen molar-refractivity contribution in [3.63, 3.8) is 0 Å². The monoisotopic (exact) mass is 466 g/mol. The van der Waals surface area contributed by atoms with Crippen LogP contribution in [-0.4, -0.2) is 47.3 Å². The van der Waals surface area contributed by atoms with Crippen LogP contribution < -0.4 is 14.8 Å². The summed E-state index contributed by atoms with van der Waals surface area (Å²) < 4.78 is 17.1. The van der Waals surface area contributed by atoms with Gasteiger partial charge in [0, 0.05) is 23.9 Å². The maximum absolute atomic E-state index is 12.6. The van der Waals surface area contributed by atoms with Gasteiger partial charge in [0.2, 0.25) is 0 Å². The minimum atomic E-state index is -0.724. The lowest BCUT2D eigenvalue weighted by molar-refractivity contribution is -0.119. The van der Waals surface area contributed by atoms with E-state index in [4.69, 9.17) is 25.8 Å². The summed E-state index contributed by atoms with van der Waals surface area (Å²) in [6, 6.07) is 14.4. The number of hydrogen-bond acceptors (Lipinski definition) is 7. The van der Waals surface area contributed by atoms with Crippen molar-refractivity contribution in [2.45, 2.75) is 0 Å². The standard InChI is InChI=1S/C23H19ClN4O5/c1-31-19-11-17(20(32-2)10-16(19)24)27-21(29)13-33-23(30)15-12-26-28-18(8-9-25-22(15)28)14-6-4-3-5-7-14/h3-12H,13H2,1-2H3,(H,27,29). The molecule has 4 rings (SSSR count). The minimum absolute atomic E-state index is 0.145. The van der Waals surface area contributed by atoms with Crippen LogP contribution >= 0.6 is 11.6 Å². The quantitative estimate of drug-likeness (QED) is 0.412. The number of anilines is 1. The molecule has 0 spiro atoms. The predicted octanol–water partition coefficient (Wildman–Crippen LogP) is 3.86. The SMILES string of the molecule is COc1cc(NC(=O)COC(=O)c2cnn3c(-c4ccccc4)ccnc23)c(OC)cc1Cl. The van der Waals surface area contributed by atoms with Crippen molar-refractivity contribution >= 4 is 34.8 Å². The van der Waals surface area contributed by atoms with Gasteiger partial charge < -0.3 is 19.5 Å². The maximum Gasteiger partial charge on any atom is 0.344 e. The second kappa shape index (κ2) is 9.58. The Bertz CT molecular complexity index is 1320. The van der Waals surface area contributed by atoms with Gasteiger partial charge in [-0.2, -0.15) is 5.10 Å². The predicted molar refractivity (Wildman–Crippen MR) is 122 cm³/mol. The summed E-state index contributed by atoms with van der Waals surface area (Å²) in [5.41, 5.74) is 2.47. The lowest BCUT2D eigenvalue weighted by Gasteiger charge is -2.13. The molecule has 2 aromatic carbocycles. The number of nitrogens with one attached hydrogen (secondary N) is 1. The molecule has 0 atom stereocenters. The van der Waals surface area contributed by atoms with E-state index in [0.717, 1.165) is 11.3 Å². The first-order valence-electron chi connectivity index (χ1n) is 9.78. The molecule has 0 bridgehead atoms. The number of carbonyl (C=O) groups excluding carboxylic acids is 2. The third kappa shape index (κ3) is 4.58. The number of ether oxygens (including phenoxy) is 3. The van der Waals surface area contributed by atoms with Gasteiger partial charge in [-0.15, -0.1) is 0 Å². The van der Waals surface area contributed by atoms with Crippen LogP contribution in [0.4, 0.5) is 5.69 Å². The molecule has 0 aliphatic carbocycles. The van der Waals surface area contributed by atoms with Crippen LogP contribution in [0.1, 0.15) is 10.4 Å². The van der Waals surface area contributed by atoms with Crippen LogP contribution in [0, 0.1) is 0 Å². The topological polar surface area (TPSA) is 104 Å². The molecule has 168 valence electrons. The third-order valence-corrected chi connectivity index (χ3v) is 5.07. The Morgan fingerprint density at radius 3 is 2.55 bits per heavy atom. The molecule has 0 radical (unpaired) electrons. The van der Waals surface area contributed by atoms with E-state index in [2.05, 4.69) is 15.4 Å². The van der Waals surface area contributed by atoms with Crippen LogP contribution in [0.15, 0.2) is 60.9 Å². The zero-order valence-corrected chi connectivity index (χ0v) is 18.5. The molecule has 0 saturated carbocycles. The third-order valence-electron chi connectivity index (χ3n) is 4.77. The Labute approximate surface area is 193 Å². The smallest absolute Gasteiger partial charge is 0.344 e. The lowest BCUT2D eigenvalue weighted by Crippen LogP contribution is -2.21. The van der Waals surface area contributed by atoms with E-state index in [9.17, 15) is 9.59 Å². The molecular formula is C23H19ClN4O5. The molecule has 4 aromatic rings. The largest absolute Gasteiger partial charge is 0.495 e. The highest BCUT2D eigenvalue weighted by Crippen LogP contribution is 2.35. The van der Waals surface area contributed by atoms with Crippen molar-refractivity contribution in [2.24, 2.45) is 0 Å². The molecular weight excluding hydrogens is 448 g/mol. The second-order valence-corrected chi connectivity index (χ2v) is 7.21. The Hall–Kier alpha value is -4.11. The van der Waals surface area contributed by atoms with Gasteiger partial charge in [-0.3, -0.25) is 4.79 Å². The lowest BCUT2D eigenvalue weighted by atomic mass is 10.1. The van der Waals surface area contributed by atoms with Crippen molar-refractivity contribution in [1.29, 1.82) is 0 Å². The van der Waals surface area contributed by atoms with Crippen LogP contribution in [0.5, 0.6) is 11.5 Å². The van der Waals surface area contributed by atoms with Gasteiger partial charge in [-0.05, 0) is 6.07 Å². The molecule has 2 aromatic heterocycles. The summed E-state index contributed by atoms with van der Waals surface area (Å²) in [5.74, 6) is -0.601. The molecule has 2 heterocycles. The molecule has 9 nitrogen and oxygen atoms in total. The fraction of sp³-hybridized carbons (Fsp3) is 0.130. The highest BCUT2D eigenvalue weighted by atomic mass is 35.5. The van der Waals surface area contributed by atoms with Crippen LogP contribution in [0.25, 0.3) is 16.9 Å². The van der Waals surface area contributed by atoms with Crippen LogP contribution in [0.3, 0.4) is 0 Å². The molecule has 1 amide bonds. The molecule has 0 aliphatic heterocycles. The first-order chi connectivity index (χ1) is 16.0. The number of hydrogen-bond donors (Lipinski definition) is 1. The number of amides is 1. The summed E-state index contributed by atoms with van der Waals surface area (Å²) in [6.45, 7) is -0.525. The van der Waals surface area contributed by atoms with E-state index in [1.807, 2.05) is 30.3 Å². The number of carbonyl (C=O) groups is 2. The molecule has 0 fully saturated rings. The number of nitrogens with zero attached hydrogens (tertiary/aromatic N) is 3. The number of methoxy groups -OCH3 is 2. The van der Waals surface area contributed by atoms with Crippen molar-refractivity contribution in [3.8, 4) is 22.8 Å². The van der Waals surface area contributed by atoms with E-state index in [1.54, 1.807) is 16.8 Å². The molecule has 0 aliphatic rings. The zero-order valence-electron chi connectivity index (χ0n) is 17.7. The first kappa shape index (κ1) is 22.1. The van der Waals surface area contributed by atoms with Gasteiger partial charge in [-0.25, -0.2) is 14.3 Å². The van der Waals surface area contributed by atoms with Crippen molar-refractivity contribution < 1.29 is 23.8 Å². The van der Waals surface area contributed by atoms with Gasteiger partial charge in [0.1, 0.15) is 17.1 Å². The van der Waals surface area contributed by atoms with Gasteiger partial charge in [0.15, 0.2) is 12.3 Å². The summed E-state index contributed by atoms with van der Waals surface area (Å²) in [7, 11) is 2.89. The number of rotatable bonds is 7. The summed E-state index contributed by atoms with van der Waals surface area (Å²) >= 11 is 6.07. The fourth-order valence-electron chi connectivity index (χ4n) is 3.22. The van der Waals surface area contributed by atoms with Gasteiger partial charge in [-0.1, -0.05) is 41.9 Å². The molecule has 10 heteroatoms. The number of halogens is 1. The number of benzene rings is 2. The van der Waals surface area contributed by atoms with Crippen molar-refractivity contribution in [3.05, 3.63) is 71.5 Å². The van der Waals surface area contributed by atoms with E-state index in [0.29, 0.717) is 27.9 Å². The normalized spacial score (nSPS) is 10.6. The van der Waals surface area contributed by atoms with E-state index >= 15 is 0 Å². The summed E-state index contributed by atoms with van der Waals surface area (Å²) in [5, 5.41) is 7.21. The highest BCUT2D eigenvalue weighted by molar-refractivity contribution is 6.32. The fourth-order valence-corrected chi connectivity index (χ4v) is 3.45. The summed E-state index contributed by atoms with van der Waals surface area (Å²) in [6.07, 6.45) is 2.95. The van der Waals surface area contributed by atoms with Crippen molar-refractivity contribution in [1.82, 2.24) is 14.6 Å². The number of aromatic nitrogens is 3. The summed E-state index contributed by atoms with van der Waals surface area (Å²) in [4.78, 5) is 29.3. The average Bonchev–Trinajstić information content (AvgIpc) is 3.28. The minimum Gasteiger partial charge on any atom is -0.495 e. The highest BCUT2D eigenvalue weighted by Gasteiger charge is 2.19. The number of fused-ring (bicyclic) bond motifs is 1. The Morgan fingerprint density at radius 2 is 1.82 bits per heavy atom. The second-order valence-electron chi connectivity index (χ2n) is 6.80. The van der Waals surface area contributed by atoms with Gasteiger partial charge >= 0.3 is 5.97 Å². The van der Waals surface area contributed by atoms with E-state index in [1.165, 1.54) is 32.5 Å². The molecule has 1 N–H and O–H groups in total. The zero-order chi connectivity index (χ0) is 23.4. The number of esters is 1. The van der Waals surface area contributed by atoms with Crippen LogP contribution in [0.2, 0.25) is 5.02 Å². The molecule has 0 saturated heterocycles.